The van der Waals surface area contributed by atoms with Gasteiger partial charge in [-0.05, 0) is 57.0 Å². The van der Waals surface area contributed by atoms with Crippen molar-refractivity contribution < 1.29 is 18.7 Å². The normalized spacial score (nSPS) is 12.0. The zero-order chi connectivity index (χ0) is 21.1. The minimum atomic E-state index is -0.995. The molecule has 152 valence electrons. The molecular formula is C19H21FN6O3. The molecule has 29 heavy (non-hydrogen) atoms. The molecule has 0 saturated carbocycles. The van der Waals surface area contributed by atoms with Crippen LogP contribution in [0.3, 0.4) is 0 Å². The van der Waals surface area contributed by atoms with Gasteiger partial charge in [-0.1, -0.05) is 0 Å². The second-order valence-electron chi connectivity index (χ2n) is 6.57. The number of nitrogens with one attached hydrogen (secondary N) is 1. The monoisotopic (exact) mass is 400 g/mol. The second-order valence-corrected chi connectivity index (χ2v) is 6.57. The number of aromatic nitrogens is 4. The molecule has 0 saturated heterocycles. The van der Waals surface area contributed by atoms with Crippen LogP contribution in [0.4, 0.5) is 16.0 Å². The highest BCUT2D eigenvalue weighted by molar-refractivity contribution is 5.95. The van der Waals surface area contributed by atoms with Crippen LogP contribution in [0.1, 0.15) is 30.3 Å². The second kappa shape index (κ2) is 8.21. The number of carbonyl (C=O) groups excluding carboxylic acids is 2. The Hall–Kier alpha value is -3.56. The number of benzene rings is 1. The first-order chi connectivity index (χ1) is 13.7. The first-order valence-corrected chi connectivity index (χ1v) is 8.99. The van der Waals surface area contributed by atoms with Crippen molar-refractivity contribution in [1.82, 2.24) is 19.6 Å². The Bertz CT molecular complexity index is 1060. The first-order valence-electron chi connectivity index (χ1n) is 8.99. The van der Waals surface area contributed by atoms with Crippen LogP contribution in [0.2, 0.25) is 0 Å². The molecule has 1 amide bonds. The highest BCUT2D eigenvalue weighted by Gasteiger charge is 2.19. The summed E-state index contributed by atoms with van der Waals surface area (Å²) in [5.41, 5.74) is 8.37. The Morgan fingerprint density at radius 3 is 2.62 bits per heavy atom. The van der Waals surface area contributed by atoms with Crippen molar-refractivity contribution in [2.75, 3.05) is 11.1 Å². The van der Waals surface area contributed by atoms with Gasteiger partial charge in [-0.3, -0.25) is 9.59 Å². The first kappa shape index (κ1) is 20.2. The third-order valence-electron chi connectivity index (χ3n) is 4.43. The van der Waals surface area contributed by atoms with Gasteiger partial charge in [0.1, 0.15) is 5.82 Å². The predicted octanol–water partition coefficient (Wildman–Crippen LogP) is 1.97. The molecule has 3 rings (SSSR count). The molecule has 1 unspecified atom stereocenters. The summed E-state index contributed by atoms with van der Waals surface area (Å²) in [5.74, 6) is -0.913. The van der Waals surface area contributed by atoms with Crippen LogP contribution in [0, 0.1) is 19.7 Å². The average molecular weight is 400 g/mol. The number of ether oxygens (including phenoxy) is 1. The summed E-state index contributed by atoms with van der Waals surface area (Å²) >= 11 is 0. The third kappa shape index (κ3) is 4.65. The predicted molar refractivity (Wildman–Crippen MR) is 104 cm³/mol. The van der Waals surface area contributed by atoms with E-state index in [0.717, 1.165) is 17.0 Å². The van der Waals surface area contributed by atoms with Crippen molar-refractivity contribution in [3.63, 3.8) is 0 Å². The van der Waals surface area contributed by atoms with Crippen LogP contribution in [-0.2, 0) is 20.7 Å². The van der Waals surface area contributed by atoms with Gasteiger partial charge in [0, 0.05) is 23.5 Å². The van der Waals surface area contributed by atoms with Gasteiger partial charge in [0.15, 0.2) is 6.10 Å². The van der Waals surface area contributed by atoms with Crippen LogP contribution in [0.25, 0.3) is 5.78 Å². The maximum atomic E-state index is 12.9. The zero-order valence-electron chi connectivity index (χ0n) is 16.3. The molecule has 0 aliphatic heterocycles. The number of anilines is 2. The van der Waals surface area contributed by atoms with E-state index in [0.29, 0.717) is 17.9 Å². The summed E-state index contributed by atoms with van der Waals surface area (Å²) in [7, 11) is 0. The van der Waals surface area contributed by atoms with Crippen LogP contribution < -0.4 is 11.1 Å². The van der Waals surface area contributed by atoms with Gasteiger partial charge in [0.25, 0.3) is 11.7 Å². The van der Waals surface area contributed by atoms with Gasteiger partial charge in [0.2, 0.25) is 5.95 Å². The topological polar surface area (TPSA) is 124 Å². The summed E-state index contributed by atoms with van der Waals surface area (Å²) in [6, 6.07) is 5.30. The molecule has 1 aromatic carbocycles. The maximum Gasteiger partial charge on any atom is 0.306 e. The number of aryl methyl sites for hydroxylation is 2. The van der Waals surface area contributed by atoms with E-state index in [1.165, 1.54) is 35.7 Å². The number of halogens is 1. The largest absolute Gasteiger partial charge is 0.453 e. The lowest BCUT2D eigenvalue weighted by Gasteiger charge is -2.14. The Balaban J connectivity index is 1.58. The van der Waals surface area contributed by atoms with Crippen molar-refractivity contribution in [2.24, 2.45) is 0 Å². The van der Waals surface area contributed by atoms with Crippen LogP contribution in [-0.4, -0.2) is 37.6 Å². The van der Waals surface area contributed by atoms with Crippen molar-refractivity contribution in [2.45, 2.75) is 39.7 Å². The van der Waals surface area contributed by atoms with Gasteiger partial charge < -0.3 is 15.8 Å². The summed E-state index contributed by atoms with van der Waals surface area (Å²) in [5, 5.41) is 6.65. The van der Waals surface area contributed by atoms with Gasteiger partial charge in [-0.2, -0.15) is 9.50 Å². The lowest BCUT2D eigenvalue weighted by Crippen LogP contribution is -2.30. The summed E-state index contributed by atoms with van der Waals surface area (Å²) in [6.45, 7) is 5.13. The molecule has 3 N–H and O–H groups in total. The standard InChI is InChI=1S/C19H21FN6O3/c1-10-15(11(2)26-19(22-10)24-18(21)25-26)8-9-16(27)29-12(3)17(28)23-14-6-4-13(20)5-7-14/h4-7,12H,8-9H2,1-3H3,(H2,21,25)(H,23,28). The Kier molecular flexibility index (Phi) is 5.71. The number of fused-ring (bicyclic) bond motifs is 1. The number of hydrogen-bond acceptors (Lipinski definition) is 7. The van der Waals surface area contributed by atoms with E-state index in [9.17, 15) is 14.0 Å². The number of nitrogens with two attached hydrogens (primary N) is 1. The van der Waals surface area contributed by atoms with E-state index < -0.39 is 23.8 Å². The van der Waals surface area contributed by atoms with Gasteiger partial charge >= 0.3 is 5.97 Å². The molecule has 2 aromatic heterocycles. The molecule has 0 spiro atoms. The number of nitrogen functional groups attached to an aromatic ring is 1. The molecule has 1 atom stereocenters. The lowest BCUT2D eigenvalue weighted by molar-refractivity contribution is -0.153. The highest BCUT2D eigenvalue weighted by Crippen LogP contribution is 2.17. The SMILES string of the molecule is Cc1nc2nc(N)nn2c(C)c1CCC(=O)OC(C)C(=O)Nc1ccc(F)cc1. The van der Waals surface area contributed by atoms with Crippen molar-refractivity contribution >= 4 is 29.3 Å². The smallest absolute Gasteiger partial charge is 0.306 e. The lowest BCUT2D eigenvalue weighted by atomic mass is 10.1. The number of rotatable bonds is 6. The Labute approximate surface area is 166 Å². The molecule has 0 fully saturated rings. The number of nitrogens with zero attached hydrogens (tertiary/aromatic N) is 4. The molecule has 3 aromatic rings. The third-order valence-corrected chi connectivity index (χ3v) is 4.43. The fourth-order valence-corrected chi connectivity index (χ4v) is 2.90. The maximum absolute atomic E-state index is 12.9. The average Bonchev–Trinajstić information content (AvgIpc) is 3.03. The van der Waals surface area contributed by atoms with E-state index in [1.807, 2.05) is 13.8 Å². The van der Waals surface area contributed by atoms with E-state index >= 15 is 0 Å². The van der Waals surface area contributed by atoms with Crippen molar-refractivity contribution in [3.8, 4) is 0 Å². The van der Waals surface area contributed by atoms with E-state index in [-0.39, 0.29) is 12.4 Å². The molecule has 2 heterocycles. The summed E-state index contributed by atoms with van der Waals surface area (Å²) < 4.78 is 19.7. The molecule has 0 aliphatic rings. The van der Waals surface area contributed by atoms with E-state index in [1.54, 1.807) is 0 Å². The molecule has 0 radical (unpaired) electrons. The minimum Gasteiger partial charge on any atom is -0.453 e. The molecule has 10 heteroatoms. The van der Waals surface area contributed by atoms with E-state index in [4.69, 9.17) is 10.5 Å². The summed E-state index contributed by atoms with van der Waals surface area (Å²) in [6.07, 6.45) is -0.566. The van der Waals surface area contributed by atoms with Gasteiger partial charge in [-0.25, -0.2) is 9.37 Å². The fraction of sp³-hybridized carbons (Fsp3) is 0.316. The van der Waals surface area contributed by atoms with Crippen LogP contribution in [0.5, 0.6) is 0 Å². The minimum absolute atomic E-state index is 0.0627. The van der Waals surface area contributed by atoms with Crippen molar-refractivity contribution in [1.29, 1.82) is 0 Å². The Morgan fingerprint density at radius 1 is 1.24 bits per heavy atom. The number of amides is 1. The van der Waals surface area contributed by atoms with Gasteiger partial charge in [-0.15, -0.1) is 5.10 Å². The quantitative estimate of drug-likeness (QED) is 0.606. The molecule has 0 aliphatic carbocycles. The molecular weight excluding hydrogens is 379 g/mol. The van der Waals surface area contributed by atoms with Crippen molar-refractivity contribution in [3.05, 3.63) is 47.0 Å². The summed E-state index contributed by atoms with van der Waals surface area (Å²) in [4.78, 5) is 32.7. The number of hydrogen-bond donors (Lipinski definition) is 2. The van der Waals surface area contributed by atoms with Crippen LogP contribution in [0.15, 0.2) is 24.3 Å². The highest BCUT2D eigenvalue weighted by atomic mass is 19.1. The van der Waals surface area contributed by atoms with Gasteiger partial charge in [0.05, 0.1) is 0 Å². The van der Waals surface area contributed by atoms with Crippen LogP contribution >= 0.6 is 0 Å². The molecule has 9 nitrogen and oxygen atoms in total. The van der Waals surface area contributed by atoms with E-state index in [2.05, 4.69) is 20.4 Å². The molecule has 0 bridgehead atoms. The number of esters is 1. The fourth-order valence-electron chi connectivity index (χ4n) is 2.90. The Morgan fingerprint density at radius 2 is 1.93 bits per heavy atom. The zero-order valence-corrected chi connectivity index (χ0v) is 16.3. The number of carbonyl (C=O) groups is 2.